The maximum Gasteiger partial charge on any atom is 0.220 e. The van der Waals surface area contributed by atoms with Crippen molar-refractivity contribution >= 4 is 22.4 Å². The highest BCUT2D eigenvalue weighted by Gasteiger charge is 2.26. The molecule has 1 aromatic carbocycles. The SMILES string of the molecule is O=C(CCc1ccccc1F)NCC1CCCN1c1nccs1. The quantitative estimate of drug-likeness (QED) is 0.884. The van der Waals surface area contributed by atoms with Crippen LogP contribution < -0.4 is 10.2 Å². The number of aromatic nitrogens is 1. The van der Waals surface area contributed by atoms with Gasteiger partial charge in [-0.2, -0.15) is 0 Å². The Morgan fingerprint density at radius 1 is 1.43 bits per heavy atom. The van der Waals surface area contributed by atoms with Gasteiger partial charge in [-0.3, -0.25) is 4.79 Å². The van der Waals surface area contributed by atoms with E-state index in [1.165, 1.54) is 6.07 Å². The average molecular weight is 333 g/mol. The van der Waals surface area contributed by atoms with Gasteiger partial charge in [0, 0.05) is 37.1 Å². The molecule has 1 amide bonds. The normalized spacial score (nSPS) is 17.4. The Bertz CT molecular complexity index is 647. The highest BCUT2D eigenvalue weighted by atomic mass is 32.1. The van der Waals surface area contributed by atoms with Crippen molar-refractivity contribution in [3.05, 3.63) is 47.2 Å². The zero-order chi connectivity index (χ0) is 16.1. The molecule has 0 bridgehead atoms. The molecule has 122 valence electrons. The van der Waals surface area contributed by atoms with Crippen molar-refractivity contribution in [1.29, 1.82) is 0 Å². The second-order valence-electron chi connectivity index (χ2n) is 5.70. The summed E-state index contributed by atoms with van der Waals surface area (Å²) in [5.41, 5.74) is 0.591. The van der Waals surface area contributed by atoms with Gasteiger partial charge in [-0.25, -0.2) is 9.37 Å². The number of thiazole rings is 1. The molecular weight excluding hydrogens is 313 g/mol. The number of carbonyl (C=O) groups is 1. The number of nitrogens with zero attached hydrogens (tertiary/aromatic N) is 2. The van der Waals surface area contributed by atoms with Gasteiger partial charge < -0.3 is 10.2 Å². The number of amides is 1. The van der Waals surface area contributed by atoms with E-state index in [1.807, 2.05) is 11.6 Å². The summed E-state index contributed by atoms with van der Waals surface area (Å²) in [6, 6.07) is 6.91. The van der Waals surface area contributed by atoms with Crippen LogP contribution in [0.2, 0.25) is 0 Å². The molecule has 0 radical (unpaired) electrons. The van der Waals surface area contributed by atoms with Crippen LogP contribution in [0.1, 0.15) is 24.8 Å². The Hall–Kier alpha value is -1.95. The van der Waals surface area contributed by atoms with E-state index in [9.17, 15) is 9.18 Å². The Kier molecular flexibility index (Phi) is 5.23. The van der Waals surface area contributed by atoms with Crippen LogP contribution in [-0.2, 0) is 11.2 Å². The first-order valence-electron chi connectivity index (χ1n) is 7.90. The van der Waals surface area contributed by atoms with E-state index in [4.69, 9.17) is 0 Å². The summed E-state index contributed by atoms with van der Waals surface area (Å²) in [6.07, 6.45) is 4.73. The van der Waals surface area contributed by atoms with Gasteiger partial charge in [-0.05, 0) is 30.9 Å². The predicted octanol–water partition coefficient (Wildman–Crippen LogP) is 3.00. The lowest BCUT2D eigenvalue weighted by Crippen LogP contribution is -2.40. The van der Waals surface area contributed by atoms with Crippen molar-refractivity contribution in [2.45, 2.75) is 31.7 Å². The third-order valence-corrected chi connectivity index (χ3v) is 4.96. The second kappa shape index (κ2) is 7.55. The molecule has 1 aliphatic rings. The summed E-state index contributed by atoms with van der Waals surface area (Å²) in [4.78, 5) is 18.6. The number of halogens is 1. The van der Waals surface area contributed by atoms with E-state index in [2.05, 4.69) is 15.2 Å². The standard InChI is InChI=1S/C17H20FN3OS/c18-15-6-2-1-4-13(15)7-8-16(22)20-12-14-5-3-10-21(14)17-19-9-11-23-17/h1-2,4,6,9,11,14H,3,5,7-8,10,12H2,(H,20,22). The molecule has 6 heteroatoms. The van der Waals surface area contributed by atoms with Gasteiger partial charge in [-0.15, -0.1) is 11.3 Å². The molecule has 1 unspecified atom stereocenters. The van der Waals surface area contributed by atoms with Crippen LogP contribution in [0.4, 0.5) is 9.52 Å². The number of rotatable bonds is 6. The minimum absolute atomic E-state index is 0.0285. The summed E-state index contributed by atoms with van der Waals surface area (Å²) in [7, 11) is 0. The number of nitrogens with one attached hydrogen (secondary N) is 1. The molecule has 1 saturated heterocycles. The monoisotopic (exact) mass is 333 g/mol. The summed E-state index contributed by atoms with van der Waals surface area (Å²) in [5, 5.41) is 5.97. The third kappa shape index (κ3) is 4.07. The van der Waals surface area contributed by atoms with Gasteiger partial charge in [0.05, 0.1) is 0 Å². The summed E-state index contributed by atoms with van der Waals surface area (Å²) >= 11 is 1.63. The fraction of sp³-hybridized carbons (Fsp3) is 0.412. The number of hydrogen-bond donors (Lipinski definition) is 1. The maximum atomic E-state index is 13.5. The largest absolute Gasteiger partial charge is 0.354 e. The zero-order valence-electron chi connectivity index (χ0n) is 12.9. The highest BCUT2D eigenvalue weighted by molar-refractivity contribution is 7.13. The Balaban J connectivity index is 1.46. The molecule has 1 atom stereocenters. The molecule has 1 aromatic heterocycles. The van der Waals surface area contributed by atoms with Crippen LogP contribution in [0.15, 0.2) is 35.8 Å². The lowest BCUT2D eigenvalue weighted by Gasteiger charge is -2.24. The van der Waals surface area contributed by atoms with Crippen LogP contribution in [0.25, 0.3) is 0 Å². The molecule has 0 aliphatic carbocycles. The van der Waals surface area contributed by atoms with Crippen LogP contribution >= 0.6 is 11.3 Å². The Morgan fingerprint density at radius 3 is 3.09 bits per heavy atom. The van der Waals surface area contributed by atoms with E-state index in [0.29, 0.717) is 31.0 Å². The van der Waals surface area contributed by atoms with Crippen molar-refractivity contribution in [2.75, 3.05) is 18.0 Å². The molecule has 23 heavy (non-hydrogen) atoms. The number of anilines is 1. The van der Waals surface area contributed by atoms with Crippen molar-refractivity contribution in [2.24, 2.45) is 0 Å². The maximum absolute atomic E-state index is 13.5. The van der Waals surface area contributed by atoms with Crippen molar-refractivity contribution in [3.63, 3.8) is 0 Å². The molecule has 4 nitrogen and oxygen atoms in total. The number of benzene rings is 1. The topological polar surface area (TPSA) is 45.2 Å². The van der Waals surface area contributed by atoms with Crippen LogP contribution in [0, 0.1) is 5.82 Å². The van der Waals surface area contributed by atoms with Gasteiger partial charge in [0.15, 0.2) is 5.13 Å². The molecule has 0 saturated carbocycles. The van der Waals surface area contributed by atoms with Crippen LogP contribution in [0.3, 0.4) is 0 Å². The van der Waals surface area contributed by atoms with Gasteiger partial charge in [-0.1, -0.05) is 18.2 Å². The zero-order valence-corrected chi connectivity index (χ0v) is 13.7. The van der Waals surface area contributed by atoms with Crippen LogP contribution in [0.5, 0.6) is 0 Å². The number of hydrogen-bond acceptors (Lipinski definition) is 4. The van der Waals surface area contributed by atoms with E-state index < -0.39 is 0 Å². The highest BCUT2D eigenvalue weighted by Crippen LogP contribution is 2.26. The molecular formula is C17H20FN3OS. The lowest BCUT2D eigenvalue weighted by atomic mass is 10.1. The molecule has 2 heterocycles. The summed E-state index contributed by atoms with van der Waals surface area (Å²) in [6.45, 7) is 1.61. The number of aryl methyl sites for hydroxylation is 1. The van der Waals surface area contributed by atoms with Gasteiger partial charge in [0.25, 0.3) is 0 Å². The Morgan fingerprint density at radius 2 is 2.30 bits per heavy atom. The molecule has 1 fully saturated rings. The fourth-order valence-corrected chi connectivity index (χ4v) is 3.67. The summed E-state index contributed by atoms with van der Waals surface area (Å²) < 4.78 is 13.5. The third-order valence-electron chi connectivity index (χ3n) is 4.16. The average Bonchev–Trinajstić information content (AvgIpc) is 3.22. The fourth-order valence-electron chi connectivity index (χ4n) is 2.93. The second-order valence-corrected chi connectivity index (χ2v) is 6.57. The molecule has 3 rings (SSSR count). The molecule has 0 spiro atoms. The van der Waals surface area contributed by atoms with Gasteiger partial charge in [0.2, 0.25) is 5.91 Å². The molecule has 1 aliphatic heterocycles. The van der Waals surface area contributed by atoms with Crippen molar-refractivity contribution < 1.29 is 9.18 Å². The first-order valence-corrected chi connectivity index (χ1v) is 8.78. The minimum Gasteiger partial charge on any atom is -0.354 e. The van der Waals surface area contributed by atoms with Crippen LogP contribution in [-0.4, -0.2) is 30.0 Å². The van der Waals surface area contributed by atoms with Gasteiger partial charge >= 0.3 is 0 Å². The van der Waals surface area contributed by atoms with Gasteiger partial charge in [0.1, 0.15) is 5.82 Å². The van der Waals surface area contributed by atoms with E-state index in [0.717, 1.165) is 24.5 Å². The van der Waals surface area contributed by atoms with Crippen molar-refractivity contribution in [1.82, 2.24) is 10.3 Å². The van der Waals surface area contributed by atoms with E-state index in [-0.39, 0.29) is 11.7 Å². The smallest absolute Gasteiger partial charge is 0.220 e. The molecule has 1 N–H and O–H groups in total. The lowest BCUT2D eigenvalue weighted by molar-refractivity contribution is -0.121. The summed E-state index contributed by atoms with van der Waals surface area (Å²) in [5.74, 6) is -0.273. The van der Waals surface area contributed by atoms with E-state index in [1.54, 1.807) is 29.5 Å². The van der Waals surface area contributed by atoms with E-state index >= 15 is 0 Å². The van der Waals surface area contributed by atoms with Crippen molar-refractivity contribution in [3.8, 4) is 0 Å². The first-order chi connectivity index (χ1) is 11.2. The first kappa shape index (κ1) is 15.9. The number of carbonyl (C=O) groups excluding carboxylic acids is 1. The Labute approximate surface area is 139 Å². The minimum atomic E-state index is -0.244. The molecule has 2 aromatic rings. The predicted molar refractivity (Wildman–Crippen MR) is 90.2 cm³/mol.